The zero-order valence-electron chi connectivity index (χ0n) is 13.2. The van der Waals surface area contributed by atoms with Crippen molar-refractivity contribution < 1.29 is 4.74 Å². The first-order valence-corrected chi connectivity index (χ1v) is 7.76. The van der Waals surface area contributed by atoms with Crippen LogP contribution >= 0.6 is 0 Å². The maximum atomic E-state index is 5.42. The number of nitrogens with one attached hydrogen (secondary N) is 1. The van der Waals surface area contributed by atoms with Crippen molar-refractivity contribution in [2.75, 3.05) is 24.0 Å². The van der Waals surface area contributed by atoms with E-state index in [0.717, 1.165) is 5.92 Å². The van der Waals surface area contributed by atoms with E-state index in [0.29, 0.717) is 30.6 Å². The fourth-order valence-electron chi connectivity index (χ4n) is 2.87. The first-order valence-electron chi connectivity index (χ1n) is 7.76. The van der Waals surface area contributed by atoms with Crippen molar-refractivity contribution in [1.82, 2.24) is 15.0 Å². The van der Waals surface area contributed by atoms with Gasteiger partial charge in [-0.2, -0.15) is 15.0 Å². The predicted octanol–water partition coefficient (Wildman–Crippen LogP) is 1.96. The molecule has 1 aromatic heterocycles. The van der Waals surface area contributed by atoms with Gasteiger partial charge in [0.25, 0.3) is 0 Å². The number of nitrogens with zero attached hydrogens (tertiary/aromatic N) is 4. The SMILES string of the molecule is CCOc1nc(NN)nc(N(C)C2CCC(CC)CC2)n1. The van der Waals surface area contributed by atoms with E-state index in [4.69, 9.17) is 10.6 Å². The van der Waals surface area contributed by atoms with Gasteiger partial charge < -0.3 is 9.64 Å². The Morgan fingerprint density at radius 2 is 1.90 bits per heavy atom. The lowest BCUT2D eigenvalue weighted by atomic mass is 9.84. The molecular weight excluding hydrogens is 268 g/mol. The summed E-state index contributed by atoms with van der Waals surface area (Å²) < 4.78 is 5.38. The zero-order valence-corrected chi connectivity index (χ0v) is 13.2. The molecule has 0 atom stereocenters. The lowest BCUT2D eigenvalue weighted by Gasteiger charge is -2.34. The van der Waals surface area contributed by atoms with Crippen LogP contribution in [-0.2, 0) is 0 Å². The zero-order chi connectivity index (χ0) is 15.2. The normalized spacial score (nSPS) is 21.9. The molecular formula is C14H26N6O. The molecule has 0 aliphatic heterocycles. The summed E-state index contributed by atoms with van der Waals surface area (Å²) in [5.41, 5.74) is 2.47. The van der Waals surface area contributed by atoms with Gasteiger partial charge in [0.15, 0.2) is 0 Å². The molecule has 0 bridgehead atoms. The Kier molecular flexibility index (Phi) is 5.55. The van der Waals surface area contributed by atoms with E-state index < -0.39 is 0 Å². The molecule has 1 heterocycles. The third-order valence-corrected chi connectivity index (χ3v) is 4.26. The maximum Gasteiger partial charge on any atom is 0.323 e. The highest BCUT2D eigenvalue weighted by atomic mass is 16.5. The minimum absolute atomic E-state index is 0.310. The number of rotatable bonds is 6. The summed E-state index contributed by atoms with van der Waals surface area (Å²) in [7, 11) is 2.03. The molecule has 1 fully saturated rings. The number of hydrogen-bond donors (Lipinski definition) is 2. The van der Waals surface area contributed by atoms with Crippen LogP contribution in [0.2, 0.25) is 0 Å². The second kappa shape index (κ2) is 7.40. The van der Waals surface area contributed by atoms with E-state index in [-0.39, 0.29) is 0 Å². The number of anilines is 2. The number of hydrogen-bond acceptors (Lipinski definition) is 7. The first-order chi connectivity index (χ1) is 10.2. The summed E-state index contributed by atoms with van der Waals surface area (Å²) in [6, 6.07) is 0.778. The van der Waals surface area contributed by atoms with Crippen molar-refractivity contribution in [1.29, 1.82) is 0 Å². The molecule has 0 amide bonds. The molecule has 21 heavy (non-hydrogen) atoms. The van der Waals surface area contributed by atoms with Crippen LogP contribution in [0.5, 0.6) is 6.01 Å². The van der Waals surface area contributed by atoms with Crippen LogP contribution in [-0.4, -0.2) is 34.6 Å². The van der Waals surface area contributed by atoms with Crippen LogP contribution in [0.1, 0.15) is 46.0 Å². The Morgan fingerprint density at radius 1 is 1.19 bits per heavy atom. The molecule has 7 heteroatoms. The highest BCUT2D eigenvalue weighted by Crippen LogP contribution is 2.30. The van der Waals surface area contributed by atoms with Gasteiger partial charge in [0.2, 0.25) is 11.9 Å². The number of nitrogens with two attached hydrogens (primary N) is 1. The van der Waals surface area contributed by atoms with Crippen molar-refractivity contribution >= 4 is 11.9 Å². The van der Waals surface area contributed by atoms with Crippen molar-refractivity contribution in [3.05, 3.63) is 0 Å². The van der Waals surface area contributed by atoms with Crippen LogP contribution in [0.4, 0.5) is 11.9 Å². The summed E-state index contributed by atoms with van der Waals surface area (Å²) in [5, 5.41) is 0. The molecule has 7 nitrogen and oxygen atoms in total. The van der Waals surface area contributed by atoms with Crippen LogP contribution in [0, 0.1) is 5.92 Å². The smallest absolute Gasteiger partial charge is 0.323 e. The molecule has 1 aliphatic carbocycles. The monoisotopic (exact) mass is 294 g/mol. The summed E-state index contributed by atoms with van der Waals surface area (Å²) in [6.07, 6.45) is 6.18. The molecule has 118 valence electrons. The van der Waals surface area contributed by atoms with Gasteiger partial charge in [-0.3, -0.25) is 5.43 Å². The van der Waals surface area contributed by atoms with Gasteiger partial charge in [-0.1, -0.05) is 13.3 Å². The molecule has 1 aromatic rings. The van der Waals surface area contributed by atoms with E-state index in [1.165, 1.54) is 32.1 Å². The first kappa shape index (κ1) is 15.8. The number of ether oxygens (including phenoxy) is 1. The van der Waals surface area contributed by atoms with Crippen LogP contribution in [0.25, 0.3) is 0 Å². The fourth-order valence-corrected chi connectivity index (χ4v) is 2.87. The van der Waals surface area contributed by atoms with Gasteiger partial charge in [0.05, 0.1) is 6.61 Å². The van der Waals surface area contributed by atoms with Gasteiger partial charge in [-0.25, -0.2) is 5.84 Å². The number of hydrazine groups is 1. The maximum absolute atomic E-state index is 5.42. The van der Waals surface area contributed by atoms with Gasteiger partial charge >= 0.3 is 6.01 Å². The average Bonchev–Trinajstić information content (AvgIpc) is 2.54. The van der Waals surface area contributed by atoms with Crippen molar-refractivity contribution in [3.8, 4) is 6.01 Å². The van der Waals surface area contributed by atoms with Crippen LogP contribution in [0.15, 0.2) is 0 Å². The predicted molar refractivity (Wildman–Crippen MR) is 83.2 cm³/mol. The van der Waals surface area contributed by atoms with E-state index in [2.05, 4.69) is 32.2 Å². The van der Waals surface area contributed by atoms with Gasteiger partial charge in [-0.15, -0.1) is 0 Å². The van der Waals surface area contributed by atoms with E-state index in [1.807, 2.05) is 14.0 Å². The average molecular weight is 294 g/mol. The molecule has 0 saturated heterocycles. The van der Waals surface area contributed by atoms with Crippen molar-refractivity contribution in [2.24, 2.45) is 11.8 Å². The van der Waals surface area contributed by atoms with E-state index in [9.17, 15) is 0 Å². The molecule has 0 aromatic carbocycles. The summed E-state index contributed by atoms with van der Waals surface area (Å²) in [6.45, 7) is 4.68. The van der Waals surface area contributed by atoms with Gasteiger partial charge in [-0.05, 0) is 38.5 Å². The topological polar surface area (TPSA) is 89.2 Å². The van der Waals surface area contributed by atoms with Crippen LogP contribution in [0.3, 0.4) is 0 Å². The molecule has 1 saturated carbocycles. The minimum Gasteiger partial charge on any atom is -0.464 e. The Morgan fingerprint density at radius 3 is 2.48 bits per heavy atom. The second-order valence-corrected chi connectivity index (χ2v) is 5.51. The Bertz CT molecular complexity index is 447. The number of aromatic nitrogens is 3. The Balaban J connectivity index is 2.10. The molecule has 2 rings (SSSR count). The third-order valence-electron chi connectivity index (χ3n) is 4.26. The number of nitrogen functional groups attached to an aromatic ring is 1. The molecule has 0 radical (unpaired) electrons. The third kappa shape index (κ3) is 3.93. The highest BCUT2D eigenvalue weighted by molar-refractivity contribution is 5.38. The Labute approximate surface area is 126 Å². The summed E-state index contributed by atoms with van der Waals surface area (Å²) >= 11 is 0. The standard InChI is InChI=1S/C14H26N6O/c1-4-10-6-8-11(9-7-10)20(3)13-16-12(19-15)17-14(18-13)21-5-2/h10-11H,4-9,15H2,1-3H3,(H,16,17,18,19). The van der Waals surface area contributed by atoms with Gasteiger partial charge in [0.1, 0.15) is 0 Å². The summed E-state index contributed by atoms with van der Waals surface area (Å²) in [5.74, 6) is 7.23. The van der Waals surface area contributed by atoms with Crippen molar-refractivity contribution in [3.63, 3.8) is 0 Å². The van der Waals surface area contributed by atoms with Gasteiger partial charge in [0, 0.05) is 13.1 Å². The summed E-state index contributed by atoms with van der Waals surface area (Å²) in [4.78, 5) is 14.9. The largest absolute Gasteiger partial charge is 0.464 e. The van der Waals surface area contributed by atoms with Crippen molar-refractivity contribution in [2.45, 2.75) is 52.0 Å². The minimum atomic E-state index is 0.310. The highest BCUT2D eigenvalue weighted by Gasteiger charge is 2.25. The fraction of sp³-hybridized carbons (Fsp3) is 0.786. The van der Waals surface area contributed by atoms with E-state index in [1.54, 1.807) is 0 Å². The lowest BCUT2D eigenvalue weighted by molar-refractivity contribution is 0.304. The quantitative estimate of drug-likeness (QED) is 0.612. The molecule has 0 spiro atoms. The molecule has 0 unspecified atom stereocenters. The van der Waals surface area contributed by atoms with E-state index >= 15 is 0 Å². The van der Waals surface area contributed by atoms with Crippen LogP contribution < -0.4 is 20.9 Å². The lowest BCUT2D eigenvalue weighted by Crippen LogP contribution is -2.36. The second-order valence-electron chi connectivity index (χ2n) is 5.51. The molecule has 1 aliphatic rings. The molecule has 3 N–H and O–H groups in total. The Hall–Kier alpha value is -1.63.